The van der Waals surface area contributed by atoms with Gasteiger partial charge >= 0.3 is 6.03 Å². The number of hydrogen-bond acceptors (Lipinski definition) is 3. The molecule has 1 aliphatic heterocycles. The summed E-state index contributed by atoms with van der Waals surface area (Å²) in [5, 5.41) is 11.6. The molecule has 5 heteroatoms. The van der Waals surface area contributed by atoms with Gasteiger partial charge in [0.05, 0.1) is 24.8 Å². The summed E-state index contributed by atoms with van der Waals surface area (Å²) in [6, 6.07) is 19.3. The Morgan fingerprint density at radius 1 is 0.923 bits per heavy atom. The van der Waals surface area contributed by atoms with Gasteiger partial charge in [0.25, 0.3) is 0 Å². The van der Waals surface area contributed by atoms with Crippen LogP contribution >= 0.6 is 0 Å². The number of hydrogen-bond donors (Lipinski definition) is 1. The van der Waals surface area contributed by atoms with E-state index in [2.05, 4.69) is 61.2 Å². The van der Waals surface area contributed by atoms with Crippen LogP contribution in [0.4, 0.5) is 4.79 Å². The van der Waals surface area contributed by atoms with Gasteiger partial charge in [-0.3, -0.25) is 0 Å². The van der Waals surface area contributed by atoms with Crippen LogP contribution < -0.4 is 4.74 Å². The highest BCUT2D eigenvalue weighted by molar-refractivity contribution is 5.78. The van der Waals surface area contributed by atoms with Gasteiger partial charge in [-0.05, 0) is 79.5 Å². The van der Waals surface area contributed by atoms with E-state index in [1.807, 2.05) is 17.0 Å². The molecule has 1 N–H and O–H groups in total. The van der Waals surface area contributed by atoms with Crippen molar-refractivity contribution >= 4 is 6.03 Å². The zero-order chi connectivity index (χ0) is 27.5. The van der Waals surface area contributed by atoms with E-state index in [0.29, 0.717) is 19.0 Å². The predicted octanol–water partition coefficient (Wildman–Crippen LogP) is 7.32. The summed E-state index contributed by atoms with van der Waals surface area (Å²) >= 11 is 0. The molecule has 1 saturated heterocycles. The van der Waals surface area contributed by atoms with Crippen molar-refractivity contribution in [2.75, 3.05) is 20.2 Å². The largest absolute Gasteiger partial charge is 0.497 e. The first-order valence-electron chi connectivity index (χ1n) is 15.3. The summed E-state index contributed by atoms with van der Waals surface area (Å²) in [6.45, 7) is 6.48. The highest BCUT2D eigenvalue weighted by Crippen LogP contribution is 2.51. The lowest BCUT2D eigenvalue weighted by molar-refractivity contribution is -0.0410. The molecular weight excluding hydrogens is 484 g/mol. The maximum absolute atomic E-state index is 14.1. The Bertz CT molecular complexity index is 1090. The molecule has 2 saturated carbocycles. The quantitative estimate of drug-likeness (QED) is 0.368. The number of amides is 2. The van der Waals surface area contributed by atoms with Crippen LogP contribution in [-0.4, -0.2) is 52.3 Å². The molecule has 212 valence electrons. The zero-order valence-corrected chi connectivity index (χ0v) is 24.3. The number of aliphatic hydroxyl groups is 1. The summed E-state index contributed by atoms with van der Waals surface area (Å²) in [5.41, 5.74) is 1.74. The summed E-state index contributed by atoms with van der Waals surface area (Å²) in [7, 11) is 1.68. The third-order valence-corrected chi connectivity index (χ3v) is 10.3. The average molecular weight is 533 g/mol. The smallest absolute Gasteiger partial charge is 0.321 e. The minimum Gasteiger partial charge on any atom is -0.497 e. The maximum Gasteiger partial charge on any atom is 0.321 e. The minimum absolute atomic E-state index is 0.0963. The van der Waals surface area contributed by atoms with Gasteiger partial charge in [-0.1, -0.05) is 82.0 Å². The molecule has 1 heterocycles. The summed E-state index contributed by atoms with van der Waals surface area (Å²) in [6.07, 6.45) is 11.4. The molecule has 0 aromatic heterocycles. The molecule has 3 aliphatic rings. The summed E-state index contributed by atoms with van der Waals surface area (Å²) in [5.74, 6) is 1.49. The Kier molecular flexibility index (Phi) is 8.28. The Balaban J connectivity index is 1.42. The van der Waals surface area contributed by atoms with Crippen molar-refractivity contribution < 1.29 is 14.6 Å². The first-order valence-corrected chi connectivity index (χ1v) is 15.3. The van der Waals surface area contributed by atoms with Gasteiger partial charge in [0.15, 0.2) is 0 Å². The summed E-state index contributed by atoms with van der Waals surface area (Å²) in [4.78, 5) is 18.3. The predicted molar refractivity (Wildman–Crippen MR) is 157 cm³/mol. The fourth-order valence-corrected chi connectivity index (χ4v) is 7.69. The lowest BCUT2D eigenvalue weighted by atomic mass is 9.60. The van der Waals surface area contributed by atoms with Crippen LogP contribution in [0.1, 0.15) is 95.6 Å². The third kappa shape index (κ3) is 5.84. The molecule has 5 rings (SSSR count). The molecule has 2 amide bonds. The number of carbonyl (C=O) groups excluding carboxylic acids is 1. The molecule has 1 spiro atoms. The monoisotopic (exact) mass is 532 g/mol. The van der Waals surface area contributed by atoms with Gasteiger partial charge in [-0.15, -0.1) is 0 Å². The van der Waals surface area contributed by atoms with Crippen molar-refractivity contribution in [3.05, 3.63) is 65.7 Å². The van der Waals surface area contributed by atoms with Crippen molar-refractivity contribution in [1.82, 2.24) is 9.80 Å². The first-order chi connectivity index (χ1) is 18.8. The standard InChI is InChI=1S/C34H48N2O3/c1-4-27(2)23-32(29-11-7-5-8-12-29)19-21-33(22-20-32)25-35(24-28-13-15-30(39-3)16-14-28)31(37)36(33)26-34(38)17-9-6-10-18-34/h5,7-8,11-16,27,38H,4,6,9-10,17-26H2,1-3H3/t27?,32-,33-. The van der Waals surface area contributed by atoms with Crippen molar-refractivity contribution in [1.29, 1.82) is 0 Å². The average Bonchev–Trinajstić information content (AvgIpc) is 3.20. The van der Waals surface area contributed by atoms with E-state index in [4.69, 9.17) is 4.74 Å². The maximum atomic E-state index is 14.1. The number of nitrogens with zero attached hydrogens (tertiary/aromatic N) is 2. The van der Waals surface area contributed by atoms with E-state index in [1.165, 1.54) is 24.8 Å². The Labute approximate surface area is 235 Å². The number of methoxy groups -OCH3 is 1. The molecule has 39 heavy (non-hydrogen) atoms. The van der Waals surface area contributed by atoms with E-state index < -0.39 is 5.60 Å². The van der Waals surface area contributed by atoms with Gasteiger partial charge in [0, 0.05) is 13.1 Å². The van der Waals surface area contributed by atoms with Crippen LogP contribution in [0.25, 0.3) is 0 Å². The highest BCUT2D eigenvalue weighted by atomic mass is 16.5. The number of urea groups is 1. The Morgan fingerprint density at radius 3 is 2.21 bits per heavy atom. The van der Waals surface area contributed by atoms with E-state index >= 15 is 0 Å². The van der Waals surface area contributed by atoms with Crippen LogP contribution in [0.2, 0.25) is 0 Å². The second-order valence-electron chi connectivity index (χ2n) is 12.9. The molecular formula is C34H48N2O3. The number of carbonyl (C=O) groups is 1. The SMILES string of the molecule is CCC(C)C[C@]1(c2ccccc2)CC[C@]2(CC1)CN(Cc1ccc(OC)cc1)C(=O)N2CC1(O)CCCCC1. The molecule has 0 radical (unpaired) electrons. The topological polar surface area (TPSA) is 53.0 Å². The molecule has 2 aromatic rings. The minimum atomic E-state index is -0.762. The molecule has 5 nitrogen and oxygen atoms in total. The lowest BCUT2D eigenvalue weighted by Gasteiger charge is -2.50. The number of ether oxygens (including phenoxy) is 1. The van der Waals surface area contributed by atoms with Gasteiger partial charge in [-0.25, -0.2) is 4.79 Å². The molecule has 1 atom stereocenters. The van der Waals surface area contributed by atoms with E-state index in [-0.39, 0.29) is 17.0 Å². The van der Waals surface area contributed by atoms with Crippen LogP contribution in [0, 0.1) is 5.92 Å². The number of β-amino-alcohol motifs (C(OH)–C–C–N with tert-alkyl or cyclic N) is 1. The first kappa shape index (κ1) is 28.0. The fraction of sp³-hybridized carbons (Fsp3) is 0.618. The van der Waals surface area contributed by atoms with Gasteiger partial charge in [0.1, 0.15) is 5.75 Å². The number of benzene rings is 2. The highest BCUT2D eigenvalue weighted by Gasteiger charge is 2.55. The molecule has 2 aliphatic carbocycles. The van der Waals surface area contributed by atoms with Crippen LogP contribution in [-0.2, 0) is 12.0 Å². The van der Waals surface area contributed by atoms with Crippen molar-refractivity contribution in [3.63, 3.8) is 0 Å². The Hall–Kier alpha value is -2.53. The molecule has 2 aromatic carbocycles. The van der Waals surface area contributed by atoms with Gasteiger partial charge in [0.2, 0.25) is 0 Å². The molecule has 3 fully saturated rings. The second kappa shape index (κ2) is 11.5. The van der Waals surface area contributed by atoms with Crippen molar-refractivity contribution in [3.8, 4) is 5.75 Å². The molecule has 1 unspecified atom stereocenters. The fourth-order valence-electron chi connectivity index (χ4n) is 7.69. The summed E-state index contributed by atoms with van der Waals surface area (Å²) < 4.78 is 5.34. The lowest BCUT2D eigenvalue weighted by Crippen LogP contribution is -2.57. The zero-order valence-electron chi connectivity index (χ0n) is 24.3. The van der Waals surface area contributed by atoms with E-state index in [1.54, 1.807) is 7.11 Å². The molecule has 0 bridgehead atoms. The van der Waals surface area contributed by atoms with Crippen LogP contribution in [0.15, 0.2) is 54.6 Å². The van der Waals surface area contributed by atoms with Crippen molar-refractivity contribution in [2.45, 2.75) is 108 Å². The van der Waals surface area contributed by atoms with E-state index in [9.17, 15) is 9.90 Å². The van der Waals surface area contributed by atoms with Gasteiger partial charge in [-0.2, -0.15) is 0 Å². The van der Waals surface area contributed by atoms with E-state index in [0.717, 1.165) is 69.2 Å². The third-order valence-electron chi connectivity index (χ3n) is 10.3. The second-order valence-corrected chi connectivity index (χ2v) is 12.9. The van der Waals surface area contributed by atoms with Crippen LogP contribution in [0.3, 0.4) is 0 Å². The van der Waals surface area contributed by atoms with Crippen LogP contribution in [0.5, 0.6) is 5.75 Å². The van der Waals surface area contributed by atoms with Gasteiger partial charge < -0.3 is 19.6 Å². The normalized spacial score (nSPS) is 27.6. The Morgan fingerprint density at radius 2 is 1.59 bits per heavy atom. The van der Waals surface area contributed by atoms with Crippen molar-refractivity contribution in [2.24, 2.45) is 5.92 Å². The number of rotatable bonds is 9.